The molecule has 0 fully saturated rings. The minimum absolute atomic E-state index is 0.189. The lowest BCUT2D eigenvalue weighted by molar-refractivity contribution is 0.102. The Morgan fingerprint density at radius 3 is 2.80 bits per heavy atom. The van der Waals surface area contributed by atoms with Gasteiger partial charge in [0.25, 0.3) is 5.91 Å². The molecule has 0 aliphatic heterocycles. The first-order valence-corrected chi connectivity index (χ1v) is 6.54. The number of aryl methyl sites for hydroxylation is 2. The molecule has 6 nitrogen and oxygen atoms in total. The Kier molecular flexibility index (Phi) is 4.34. The molecular formula is C14H18N4O2. The van der Waals surface area contributed by atoms with Gasteiger partial charge < -0.3 is 9.73 Å². The van der Waals surface area contributed by atoms with Crippen LogP contribution in [0.3, 0.4) is 0 Å². The second kappa shape index (κ2) is 6.18. The van der Waals surface area contributed by atoms with Crippen molar-refractivity contribution in [3.8, 4) is 0 Å². The van der Waals surface area contributed by atoms with Gasteiger partial charge in [-0.25, -0.2) is 0 Å². The molecule has 2 heterocycles. The Morgan fingerprint density at radius 1 is 1.35 bits per heavy atom. The molecule has 0 radical (unpaired) electrons. The second-order valence-electron chi connectivity index (χ2n) is 4.55. The van der Waals surface area contributed by atoms with Gasteiger partial charge in [0, 0.05) is 18.4 Å². The van der Waals surface area contributed by atoms with Gasteiger partial charge in [-0.2, -0.15) is 4.98 Å². The summed E-state index contributed by atoms with van der Waals surface area (Å²) >= 11 is 0. The zero-order chi connectivity index (χ0) is 14.5. The molecule has 1 amide bonds. The van der Waals surface area contributed by atoms with Gasteiger partial charge in [0.05, 0.1) is 16.9 Å². The topological polar surface area (TPSA) is 80.0 Å². The molecule has 0 spiro atoms. The number of hydrogen-bond donors (Lipinski definition) is 2. The Labute approximate surface area is 117 Å². The molecule has 0 saturated carbocycles. The van der Waals surface area contributed by atoms with Crippen molar-refractivity contribution < 1.29 is 9.21 Å². The maximum absolute atomic E-state index is 12.2. The van der Waals surface area contributed by atoms with Crippen LogP contribution in [0.5, 0.6) is 0 Å². The zero-order valence-electron chi connectivity index (χ0n) is 11.9. The van der Waals surface area contributed by atoms with E-state index in [1.54, 1.807) is 13.1 Å². The number of carbonyl (C=O) groups is 1. The Bertz CT molecular complexity index is 607. The van der Waals surface area contributed by atoms with Crippen LogP contribution in [-0.2, 0) is 0 Å². The minimum Gasteiger partial charge on any atom is -0.432 e. The van der Waals surface area contributed by atoms with Crippen molar-refractivity contribution in [2.24, 2.45) is 0 Å². The van der Waals surface area contributed by atoms with Crippen molar-refractivity contribution >= 4 is 17.6 Å². The lowest BCUT2D eigenvalue weighted by atomic mass is 10.2. The highest BCUT2D eigenvalue weighted by Crippen LogP contribution is 2.17. The molecule has 0 aromatic carbocycles. The van der Waals surface area contributed by atoms with Crippen LogP contribution in [0.25, 0.3) is 0 Å². The third-order valence-corrected chi connectivity index (χ3v) is 2.69. The Morgan fingerprint density at radius 2 is 2.15 bits per heavy atom. The van der Waals surface area contributed by atoms with Gasteiger partial charge in [-0.3, -0.25) is 15.1 Å². The van der Waals surface area contributed by atoms with E-state index in [2.05, 4.69) is 27.5 Å². The third-order valence-electron chi connectivity index (χ3n) is 2.69. The number of nitrogens with zero attached hydrogens (tertiary/aromatic N) is 2. The monoisotopic (exact) mass is 274 g/mol. The van der Waals surface area contributed by atoms with Crippen molar-refractivity contribution in [3.63, 3.8) is 0 Å². The first kappa shape index (κ1) is 14.0. The molecule has 6 heteroatoms. The lowest BCUT2D eigenvalue weighted by Gasteiger charge is -2.11. The smallest absolute Gasteiger partial charge is 0.301 e. The molecule has 2 aromatic heterocycles. The standard InChI is InChI=1S/C14H18N4O2/c1-4-5-15-12-6-9(2)16-7-11(12)13(19)18-14-17-10(3)8-20-14/h6-8H,4-5H2,1-3H3,(H,15,16)(H,17,18,19). The number of rotatable bonds is 5. The quantitative estimate of drug-likeness (QED) is 0.876. The fraction of sp³-hybridized carbons (Fsp3) is 0.357. The highest BCUT2D eigenvalue weighted by atomic mass is 16.4. The number of amides is 1. The summed E-state index contributed by atoms with van der Waals surface area (Å²) in [4.78, 5) is 20.4. The normalized spacial score (nSPS) is 10.3. The molecule has 2 aromatic rings. The minimum atomic E-state index is -0.294. The van der Waals surface area contributed by atoms with E-state index < -0.39 is 0 Å². The molecule has 0 saturated heterocycles. The molecule has 0 bridgehead atoms. The van der Waals surface area contributed by atoms with Crippen molar-refractivity contribution in [1.82, 2.24) is 9.97 Å². The van der Waals surface area contributed by atoms with Crippen molar-refractivity contribution in [1.29, 1.82) is 0 Å². The first-order chi connectivity index (χ1) is 9.60. The van der Waals surface area contributed by atoms with E-state index in [1.807, 2.05) is 13.0 Å². The van der Waals surface area contributed by atoms with Gasteiger partial charge in [0.1, 0.15) is 6.26 Å². The summed E-state index contributed by atoms with van der Waals surface area (Å²) in [6.45, 7) is 6.54. The van der Waals surface area contributed by atoms with Crippen molar-refractivity contribution in [2.75, 3.05) is 17.2 Å². The Hall–Kier alpha value is -2.37. The van der Waals surface area contributed by atoms with Gasteiger partial charge in [0.15, 0.2) is 0 Å². The van der Waals surface area contributed by atoms with Crippen molar-refractivity contribution in [3.05, 3.63) is 35.5 Å². The van der Waals surface area contributed by atoms with Crippen LogP contribution in [0.15, 0.2) is 22.9 Å². The average molecular weight is 274 g/mol. The van der Waals surface area contributed by atoms with E-state index in [1.165, 1.54) is 6.26 Å². The van der Waals surface area contributed by atoms with Crippen LogP contribution in [-0.4, -0.2) is 22.4 Å². The third kappa shape index (κ3) is 3.34. The average Bonchev–Trinajstić information content (AvgIpc) is 2.81. The van der Waals surface area contributed by atoms with E-state index in [9.17, 15) is 4.79 Å². The molecule has 0 aliphatic carbocycles. The van der Waals surface area contributed by atoms with Gasteiger partial charge in [-0.15, -0.1) is 0 Å². The molecule has 0 unspecified atom stereocenters. The largest absolute Gasteiger partial charge is 0.432 e. The lowest BCUT2D eigenvalue weighted by Crippen LogP contribution is -2.16. The fourth-order valence-electron chi connectivity index (χ4n) is 1.72. The zero-order valence-corrected chi connectivity index (χ0v) is 11.9. The molecule has 2 rings (SSSR count). The predicted molar refractivity (Wildman–Crippen MR) is 76.9 cm³/mol. The highest BCUT2D eigenvalue weighted by molar-refractivity contribution is 6.06. The maximum Gasteiger partial charge on any atom is 0.301 e. The molecule has 2 N–H and O–H groups in total. The van der Waals surface area contributed by atoms with Crippen molar-refractivity contribution in [2.45, 2.75) is 27.2 Å². The number of oxazole rings is 1. The summed E-state index contributed by atoms with van der Waals surface area (Å²) in [6, 6.07) is 2.04. The molecular weight excluding hydrogens is 256 g/mol. The van der Waals surface area contributed by atoms with Crippen LogP contribution >= 0.6 is 0 Å². The van der Waals surface area contributed by atoms with Crippen LogP contribution < -0.4 is 10.6 Å². The fourth-order valence-corrected chi connectivity index (χ4v) is 1.72. The summed E-state index contributed by atoms with van der Waals surface area (Å²) in [5.74, 6) is -0.294. The number of nitrogens with one attached hydrogen (secondary N) is 2. The summed E-state index contributed by atoms with van der Waals surface area (Å²) in [5.41, 5.74) is 2.80. The summed E-state index contributed by atoms with van der Waals surface area (Å²) in [5, 5.41) is 5.84. The molecule has 106 valence electrons. The predicted octanol–water partition coefficient (Wildman–Crippen LogP) is 2.76. The van der Waals surface area contributed by atoms with Crippen LogP contribution in [0.4, 0.5) is 11.7 Å². The number of anilines is 2. The highest BCUT2D eigenvalue weighted by Gasteiger charge is 2.14. The summed E-state index contributed by atoms with van der Waals surface area (Å²) in [6.07, 6.45) is 4.01. The molecule has 20 heavy (non-hydrogen) atoms. The first-order valence-electron chi connectivity index (χ1n) is 6.54. The van der Waals surface area contributed by atoms with Crippen LogP contribution in [0.1, 0.15) is 35.1 Å². The van der Waals surface area contributed by atoms with Gasteiger partial charge in [0.2, 0.25) is 0 Å². The van der Waals surface area contributed by atoms with Gasteiger partial charge in [-0.05, 0) is 26.3 Å². The van der Waals surface area contributed by atoms with Gasteiger partial charge in [-0.1, -0.05) is 6.92 Å². The van der Waals surface area contributed by atoms with Crippen LogP contribution in [0, 0.1) is 13.8 Å². The van der Waals surface area contributed by atoms with E-state index in [0.717, 1.165) is 24.3 Å². The number of pyridine rings is 1. The number of carbonyl (C=O) groups excluding carboxylic acids is 1. The van der Waals surface area contributed by atoms with E-state index in [4.69, 9.17) is 4.42 Å². The second-order valence-corrected chi connectivity index (χ2v) is 4.55. The summed E-state index contributed by atoms with van der Waals surface area (Å²) in [7, 11) is 0. The molecule has 0 aliphatic rings. The maximum atomic E-state index is 12.2. The molecule has 0 atom stereocenters. The van der Waals surface area contributed by atoms with E-state index in [-0.39, 0.29) is 11.9 Å². The van der Waals surface area contributed by atoms with Gasteiger partial charge >= 0.3 is 6.01 Å². The summed E-state index contributed by atoms with van der Waals surface area (Å²) < 4.78 is 5.12. The van der Waals surface area contributed by atoms with E-state index >= 15 is 0 Å². The Balaban J connectivity index is 2.19. The van der Waals surface area contributed by atoms with E-state index in [0.29, 0.717) is 11.3 Å². The number of hydrogen-bond acceptors (Lipinski definition) is 5. The number of aromatic nitrogens is 2. The SMILES string of the molecule is CCCNc1cc(C)ncc1C(=O)Nc1nc(C)co1. The van der Waals surface area contributed by atoms with Crippen LogP contribution in [0.2, 0.25) is 0 Å².